The number of rotatable bonds is 5. The summed E-state index contributed by atoms with van der Waals surface area (Å²) < 4.78 is 2.16. The van der Waals surface area contributed by atoms with Gasteiger partial charge in [-0.15, -0.1) is 0 Å². The first-order valence-electron chi connectivity index (χ1n) is 10.3. The van der Waals surface area contributed by atoms with Crippen molar-refractivity contribution in [2.24, 2.45) is 7.05 Å². The second-order valence-electron chi connectivity index (χ2n) is 7.77. The molecule has 6 nitrogen and oxygen atoms in total. The van der Waals surface area contributed by atoms with Crippen LogP contribution < -0.4 is 5.32 Å². The van der Waals surface area contributed by atoms with Crippen LogP contribution in [0.2, 0.25) is 0 Å². The van der Waals surface area contributed by atoms with Gasteiger partial charge in [-0.05, 0) is 43.3 Å². The maximum Gasteiger partial charge on any atom is 0.255 e. The molecule has 2 aromatic carbocycles. The number of likely N-dealkylation sites (N-methyl/N-ethyl adjacent to an activating group) is 1. The second kappa shape index (κ2) is 8.35. The van der Waals surface area contributed by atoms with Crippen LogP contribution in [0.3, 0.4) is 0 Å². The minimum atomic E-state index is -0.0904. The van der Waals surface area contributed by atoms with Crippen molar-refractivity contribution in [3.63, 3.8) is 0 Å². The zero-order valence-corrected chi connectivity index (χ0v) is 17.5. The number of aromatic nitrogens is 2. The highest BCUT2D eigenvalue weighted by Crippen LogP contribution is 2.22. The van der Waals surface area contributed by atoms with E-state index in [2.05, 4.69) is 33.7 Å². The minimum Gasteiger partial charge on any atom is -0.330 e. The van der Waals surface area contributed by atoms with Gasteiger partial charge in [0.05, 0.1) is 17.6 Å². The highest BCUT2D eigenvalue weighted by molar-refractivity contribution is 6.05. The Balaban J connectivity index is 1.50. The molecule has 0 aliphatic carbocycles. The van der Waals surface area contributed by atoms with Crippen molar-refractivity contribution in [3.8, 4) is 0 Å². The smallest absolute Gasteiger partial charge is 0.255 e. The number of piperazine rings is 1. The molecule has 3 aromatic rings. The van der Waals surface area contributed by atoms with Crippen LogP contribution in [0.1, 0.15) is 28.7 Å². The maximum absolute atomic E-state index is 12.6. The summed E-state index contributed by atoms with van der Waals surface area (Å²) >= 11 is 0. The Morgan fingerprint density at radius 1 is 1.07 bits per heavy atom. The van der Waals surface area contributed by atoms with Crippen molar-refractivity contribution >= 4 is 22.6 Å². The van der Waals surface area contributed by atoms with Crippen molar-refractivity contribution in [1.82, 2.24) is 19.4 Å². The molecule has 1 saturated heterocycles. The van der Waals surface area contributed by atoms with Crippen molar-refractivity contribution in [2.45, 2.75) is 20.4 Å². The zero-order valence-electron chi connectivity index (χ0n) is 17.5. The van der Waals surface area contributed by atoms with Crippen LogP contribution in [-0.4, -0.2) is 58.0 Å². The Labute approximate surface area is 172 Å². The molecule has 0 bridgehead atoms. The fraction of sp³-hybridized carbons (Fsp3) is 0.391. The molecular weight excluding hydrogens is 362 g/mol. The number of aryl methyl sites for hydroxylation is 2. The van der Waals surface area contributed by atoms with Crippen molar-refractivity contribution < 1.29 is 4.79 Å². The third-order valence-corrected chi connectivity index (χ3v) is 5.90. The number of hydrogen-bond donors (Lipinski definition) is 1. The zero-order chi connectivity index (χ0) is 20.4. The van der Waals surface area contributed by atoms with Crippen LogP contribution in [0.15, 0.2) is 42.5 Å². The Kier molecular flexibility index (Phi) is 5.65. The van der Waals surface area contributed by atoms with Crippen LogP contribution >= 0.6 is 0 Å². The minimum absolute atomic E-state index is 0.0904. The van der Waals surface area contributed by atoms with E-state index in [0.717, 1.165) is 67.4 Å². The summed E-state index contributed by atoms with van der Waals surface area (Å²) in [5.41, 5.74) is 4.43. The number of carbonyl (C=O) groups excluding carboxylic acids is 1. The molecule has 6 heteroatoms. The lowest BCUT2D eigenvalue weighted by atomic mass is 10.1. The summed E-state index contributed by atoms with van der Waals surface area (Å²) in [5.74, 6) is 0.972. The number of nitrogens with zero attached hydrogens (tertiary/aromatic N) is 4. The monoisotopic (exact) mass is 391 g/mol. The number of benzene rings is 2. The summed E-state index contributed by atoms with van der Waals surface area (Å²) in [6, 6.07) is 13.6. The molecule has 0 radical (unpaired) electrons. The standard InChI is InChI=1S/C23H29N5O/c1-4-27-11-13-28(14-12-27)16-22-25-20-15-18(9-10-21(20)26(22)3)24-23(29)19-8-6-5-7-17(19)2/h5-10,15H,4,11-14,16H2,1-3H3,(H,24,29). The van der Waals surface area contributed by atoms with E-state index in [0.29, 0.717) is 5.56 Å². The molecule has 0 saturated carbocycles. The molecule has 0 spiro atoms. The molecular formula is C23H29N5O. The maximum atomic E-state index is 12.6. The first-order valence-corrected chi connectivity index (χ1v) is 10.3. The lowest BCUT2D eigenvalue weighted by molar-refractivity contribution is 0.102. The summed E-state index contributed by atoms with van der Waals surface area (Å²) in [4.78, 5) is 22.4. The van der Waals surface area contributed by atoms with Crippen molar-refractivity contribution in [2.75, 3.05) is 38.0 Å². The number of fused-ring (bicyclic) bond motifs is 1. The Morgan fingerprint density at radius 3 is 2.52 bits per heavy atom. The van der Waals surface area contributed by atoms with Gasteiger partial charge in [0.1, 0.15) is 5.82 Å². The average molecular weight is 392 g/mol. The highest BCUT2D eigenvalue weighted by atomic mass is 16.1. The van der Waals surface area contributed by atoms with Gasteiger partial charge in [0, 0.05) is 44.5 Å². The molecule has 1 aliphatic heterocycles. The second-order valence-corrected chi connectivity index (χ2v) is 7.77. The highest BCUT2D eigenvalue weighted by Gasteiger charge is 2.18. The number of carbonyl (C=O) groups is 1. The molecule has 0 unspecified atom stereocenters. The number of imidazole rings is 1. The SMILES string of the molecule is CCN1CCN(Cc2nc3cc(NC(=O)c4ccccc4C)ccc3n2C)CC1. The molecule has 1 aliphatic rings. The van der Waals surface area contributed by atoms with E-state index >= 15 is 0 Å². The van der Waals surface area contributed by atoms with Crippen molar-refractivity contribution in [3.05, 3.63) is 59.4 Å². The number of nitrogens with one attached hydrogen (secondary N) is 1. The first-order chi connectivity index (χ1) is 14.0. The van der Waals surface area contributed by atoms with E-state index in [1.807, 2.05) is 49.4 Å². The van der Waals surface area contributed by atoms with E-state index in [4.69, 9.17) is 4.98 Å². The van der Waals surface area contributed by atoms with Gasteiger partial charge in [-0.1, -0.05) is 25.1 Å². The first kappa shape index (κ1) is 19.6. The summed E-state index contributed by atoms with van der Waals surface area (Å²) in [6.45, 7) is 10.5. The predicted octanol–water partition coefficient (Wildman–Crippen LogP) is 3.27. The molecule has 0 atom stereocenters. The van der Waals surface area contributed by atoms with Gasteiger partial charge in [0.25, 0.3) is 5.91 Å². The van der Waals surface area contributed by atoms with Gasteiger partial charge in [-0.2, -0.15) is 0 Å². The summed E-state index contributed by atoms with van der Waals surface area (Å²) in [6.07, 6.45) is 0. The van der Waals surface area contributed by atoms with E-state index in [1.54, 1.807) is 0 Å². The van der Waals surface area contributed by atoms with Gasteiger partial charge in [-0.3, -0.25) is 9.69 Å². The molecule has 1 amide bonds. The van der Waals surface area contributed by atoms with Crippen molar-refractivity contribution in [1.29, 1.82) is 0 Å². The van der Waals surface area contributed by atoms with Crippen LogP contribution in [0.5, 0.6) is 0 Å². The molecule has 2 heterocycles. The molecule has 1 N–H and O–H groups in total. The summed E-state index contributed by atoms with van der Waals surface area (Å²) in [7, 11) is 2.07. The van der Waals surface area contributed by atoms with Gasteiger partial charge in [0.15, 0.2) is 0 Å². The fourth-order valence-electron chi connectivity index (χ4n) is 3.96. The average Bonchev–Trinajstić information content (AvgIpc) is 3.03. The van der Waals surface area contributed by atoms with Gasteiger partial charge >= 0.3 is 0 Å². The largest absolute Gasteiger partial charge is 0.330 e. The van der Waals surface area contributed by atoms with E-state index in [1.165, 1.54) is 0 Å². The lowest BCUT2D eigenvalue weighted by Gasteiger charge is -2.33. The van der Waals surface area contributed by atoms with Gasteiger partial charge < -0.3 is 14.8 Å². The fourth-order valence-corrected chi connectivity index (χ4v) is 3.96. The molecule has 1 aromatic heterocycles. The Bertz CT molecular complexity index is 1020. The van der Waals surface area contributed by atoms with E-state index < -0.39 is 0 Å². The molecule has 29 heavy (non-hydrogen) atoms. The number of amides is 1. The Morgan fingerprint density at radius 2 is 1.79 bits per heavy atom. The normalized spacial score (nSPS) is 15.7. The van der Waals surface area contributed by atoms with Gasteiger partial charge in [0.2, 0.25) is 0 Å². The summed E-state index contributed by atoms with van der Waals surface area (Å²) in [5, 5.41) is 3.01. The van der Waals surface area contributed by atoms with Crippen LogP contribution in [0.4, 0.5) is 5.69 Å². The third kappa shape index (κ3) is 4.18. The quantitative estimate of drug-likeness (QED) is 0.725. The molecule has 152 valence electrons. The number of anilines is 1. The van der Waals surface area contributed by atoms with Gasteiger partial charge in [-0.25, -0.2) is 4.98 Å². The van der Waals surface area contributed by atoms with Crippen LogP contribution in [-0.2, 0) is 13.6 Å². The van der Waals surface area contributed by atoms with Crippen LogP contribution in [0.25, 0.3) is 11.0 Å². The topological polar surface area (TPSA) is 53.4 Å². The van der Waals surface area contributed by atoms with E-state index in [9.17, 15) is 4.79 Å². The third-order valence-electron chi connectivity index (χ3n) is 5.90. The Hall–Kier alpha value is -2.70. The lowest BCUT2D eigenvalue weighted by Crippen LogP contribution is -2.45. The number of hydrogen-bond acceptors (Lipinski definition) is 4. The van der Waals surface area contributed by atoms with E-state index in [-0.39, 0.29) is 5.91 Å². The molecule has 4 rings (SSSR count). The molecule has 1 fully saturated rings. The predicted molar refractivity (Wildman–Crippen MR) is 117 cm³/mol. The van der Waals surface area contributed by atoms with Crippen LogP contribution in [0, 0.1) is 6.92 Å².